The van der Waals surface area contributed by atoms with Crippen LogP contribution < -0.4 is 10.1 Å². The molecule has 2 aromatic rings. The van der Waals surface area contributed by atoms with Crippen LogP contribution in [0.1, 0.15) is 24.2 Å². The van der Waals surface area contributed by atoms with Gasteiger partial charge in [0.2, 0.25) is 0 Å². The Kier molecular flexibility index (Phi) is 3.89. The largest absolute Gasteiger partial charge is 0.485 e. The number of ether oxygens (including phenoxy) is 1. The first-order valence-electron chi connectivity index (χ1n) is 6.70. The number of nitrogens with zero attached hydrogens (tertiary/aromatic N) is 3. The Balaban J connectivity index is 1.68. The highest BCUT2D eigenvalue weighted by Crippen LogP contribution is 2.25. The number of rotatable bonds is 6. The zero-order valence-electron chi connectivity index (χ0n) is 11.3. The third-order valence-electron chi connectivity index (χ3n) is 3.34. The Morgan fingerprint density at radius 3 is 3.00 bits per heavy atom. The Morgan fingerprint density at radius 1 is 1.45 bits per heavy atom. The molecule has 1 saturated carbocycles. The van der Waals surface area contributed by atoms with Crippen molar-refractivity contribution in [2.75, 3.05) is 0 Å². The van der Waals surface area contributed by atoms with Gasteiger partial charge in [-0.1, -0.05) is 11.6 Å². The second-order valence-electron chi connectivity index (χ2n) is 5.00. The van der Waals surface area contributed by atoms with Gasteiger partial charge in [-0.05, 0) is 31.0 Å². The van der Waals surface area contributed by atoms with Gasteiger partial charge in [-0.3, -0.25) is 4.68 Å². The van der Waals surface area contributed by atoms with Gasteiger partial charge < -0.3 is 10.1 Å². The molecule has 0 amide bonds. The van der Waals surface area contributed by atoms with Crippen LogP contribution in [-0.2, 0) is 20.2 Å². The summed E-state index contributed by atoms with van der Waals surface area (Å²) in [7, 11) is 1.85. The highest BCUT2D eigenvalue weighted by atomic mass is 35.5. The van der Waals surface area contributed by atoms with Crippen molar-refractivity contribution >= 4 is 11.6 Å². The summed E-state index contributed by atoms with van der Waals surface area (Å²) in [4.78, 5) is 4.15. The first-order valence-corrected chi connectivity index (χ1v) is 7.07. The van der Waals surface area contributed by atoms with Gasteiger partial charge in [0, 0.05) is 30.2 Å². The van der Waals surface area contributed by atoms with E-state index in [-0.39, 0.29) is 0 Å². The van der Waals surface area contributed by atoms with E-state index < -0.39 is 0 Å². The van der Waals surface area contributed by atoms with Crippen molar-refractivity contribution in [1.82, 2.24) is 20.1 Å². The summed E-state index contributed by atoms with van der Waals surface area (Å²) in [5.41, 5.74) is 1.08. The fourth-order valence-corrected chi connectivity index (χ4v) is 2.16. The molecule has 0 radical (unpaired) electrons. The Hall–Kier alpha value is -1.59. The van der Waals surface area contributed by atoms with Crippen LogP contribution in [0.15, 0.2) is 24.5 Å². The van der Waals surface area contributed by atoms with Gasteiger partial charge in [-0.25, -0.2) is 4.98 Å². The number of aromatic nitrogens is 3. The number of hydrogen-bond donors (Lipinski definition) is 1. The van der Waals surface area contributed by atoms with Crippen molar-refractivity contribution in [3.8, 4) is 5.75 Å². The van der Waals surface area contributed by atoms with Crippen molar-refractivity contribution in [1.29, 1.82) is 0 Å². The lowest BCUT2D eigenvalue weighted by Gasteiger charge is -2.12. The molecule has 1 fully saturated rings. The van der Waals surface area contributed by atoms with Gasteiger partial charge in [0.05, 0.1) is 0 Å². The molecule has 1 aromatic heterocycles. The van der Waals surface area contributed by atoms with Crippen LogP contribution in [0.3, 0.4) is 0 Å². The molecule has 0 bridgehead atoms. The fourth-order valence-electron chi connectivity index (χ4n) is 1.96. The van der Waals surface area contributed by atoms with E-state index in [0.717, 1.165) is 28.7 Å². The minimum atomic E-state index is 0.397. The van der Waals surface area contributed by atoms with Crippen LogP contribution in [0.4, 0.5) is 0 Å². The molecular weight excluding hydrogens is 276 g/mol. The molecule has 5 nitrogen and oxygen atoms in total. The minimum Gasteiger partial charge on any atom is -0.485 e. The normalized spacial score (nSPS) is 14.5. The molecule has 3 rings (SSSR count). The van der Waals surface area contributed by atoms with Crippen LogP contribution in [0.25, 0.3) is 0 Å². The van der Waals surface area contributed by atoms with E-state index in [9.17, 15) is 0 Å². The maximum absolute atomic E-state index is 6.06. The predicted molar refractivity (Wildman–Crippen MR) is 76.6 cm³/mol. The molecule has 1 aliphatic carbocycles. The minimum absolute atomic E-state index is 0.397. The quantitative estimate of drug-likeness (QED) is 0.887. The molecule has 1 heterocycles. The van der Waals surface area contributed by atoms with Gasteiger partial charge in [0.1, 0.15) is 18.7 Å². The van der Waals surface area contributed by atoms with E-state index in [1.807, 2.05) is 25.2 Å². The number of aryl methyl sites for hydroxylation is 1. The summed E-state index contributed by atoms with van der Waals surface area (Å²) in [6.45, 7) is 1.17. The lowest BCUT2D eigenvalue weighted by Crippen LogP contribution is -2.16. The predicted octanol–water partition coefficient (Wildman–Crippen LogP) is 2.30. The van der Waals surface area contributed by atoms with Gasteiger partial charge in [0.25, 0.3) is 0 Å². The zero-order valence-corrected chi connectivity index (χ0v) is 12.1. The number of halogens is 1. The summed E-state index contributed by atoms with van der Waals surface area (Å²) in [6.07, 6.45) is 4.04. The molecule has 1 N–H and O–H groups in total. The highest BCUT2D eigenvalue weighted by Gasteiger charge is 2.20. The van der Waals surface area contributed by atoms with Crippen molar-refractivity contribution in [3.05, 3.63) is 40.9 Å². The second-order valence-corrected chi connectivity index (χ2v) is 5.43. The molecule has 0 spiro atoms. The first kappa shape index (κ1) is 13.4. The standard InChI is InChI=1S/C14H17ClN4O/c1-19-14(17-9-18-19)8-20-13-5-2-11(15)6-10(13)7-16-12-3-4-12/h2,5-6,9,12,16H,3-4,7-8H2,1H3. The number of benzene rings is 1. The molecule has 0 aliphatic heterocycles. The summed E-state index contributed by atoms with van der Waals surface area (Å²) in [6, 6.07) is 6.35. The smallest absolute Gasteiger partial charge is 0.164 e. The maximum atomic E-state index is 6.06. The number of hydrogen-bond acceptors (Lipinski definition) is 4. The van der Waals surface area contributed by atoms with E-state index in [2.05, 4.69) is 15.4 Å². The van der Waals surface area contributed by atoms with Crippen LogP contribution in [0, 0.1) is 0 Å². The highest BCUT2D eigenvalue weighted by molar-refractivity contribution is 6.30. The molecule has 1 aliphatic rings. The van der Waals surface area contributed by atoms with E-state index in [0.29, 0.717) is 12.6 Å². The van der Waals surface area contributed by atoms with E-state index in [4.69, 9.17) is 16.3 Å². The van der Waals surface area contributed by atoms with Crippen LogP contribution in [0.5, 0.6) is 5.75 Å². The lowest BCUT2D eigenvalue weighted by atomic mass is 10.2. The van der Waals surface area contributed by atoms with Crippen molar-refractivity contribution < 1.29 is 4.74 Å². The Labute approximate surface area is 122 Å². The molecule has 20 heavy (non-hydrogen) atoms. The molecule has 0 unspecified atom stereocenters. The average Bonchev–Trinajstić information content (AvgIpc) is 3.18. The van der Waals surface area contributed by atoms with E-state index in [1.165, 1.54) is 19.2 Å². The Bertz CT molecular complexity index is 595. The third-order valence-corrected chi connectivity index (χ3v) is 3.58. The summed E-state index contributed by atoms with van der Waals surface area (Å²) in [5, 5.41) is 8.22. The molecule has 0 saturated heterocycles. The van der Waals surface area contributed by atoms with Gasteiger partial charge in [0.15, 0.2) is 5.82 Å². The molecule has 106 valence electrons. The summed E-state index contributed by atoms with van der Waals surface area (Å²) < 4.78 is 7.55. The second kappa shape index (κ2) is 5.81. The fraction of sp³-hybridized carbons (Fsp3) is 0.429. The average molecular weight is 293 g/mol. The number of nitrogens with one attached hydrogen (secondary N) is 1. The molecule has 0 atom stereocenters. The van der Waals surface area contributed by atoms with Gasteiger partial charge in [-0.2, -0.15) is 5.10 Å². The van der Waals surface area contributed by atoms with Crippen molar-refractivity contribution in [2.24, 2.45) is 7.05 Å². The van der Waals surface area contributed by atoms with Gasteiger partial charge >= 0.3 is 0 Å². The molecule has 1 aromatic carbocycles. The first-order chi connectivity index (χ1) is 9.72. The Morgan fingerprint density at radius 2 is 2.30 bits per heavy atom. The zero-order chi connectivity index (χ0) is 13.9. The van der Waals surface area contributed by atoms with Crippen molar-refractivity contribution in [3.63, 3.8) is 0 Å². The van der Waals surface area contributed by atoms with Crippen LogP contribution >= 0.6 is 11.6 Å². The molecule has 6 heteroatoms. The van der Waals surface area contributed by atoms with E-state index >= 15 is 0 Å². The SMILES string of the molecule is Cn1ncnc1COc1ccc(Cl)cc1CNC1CC1. The molecular formula is C14H17ClN4O. The van der Waals surface area contributed by atoms with Crippen LogP contribution in [0.2, 0.25) is 5.02 Å². The third kappa shape index (κ3) is 3.29. The monoisotopic (exact) mass is 292 g/mol. The maximum Gasteiger partial charge on any atom is 0.164 e. The van der Waals surface area contributed by atoms with Crippen LogP contribution in [-0.4, -0.2) is 20.8 Å². The topological polar surface area (TPSA) is 52.0 Å². The summed E-state index contributed by atoms with van der Waals surface area (Å²) in [5.74, 6) is 1.63. The summed E-state index contributed by atoms with van der Waals surface area (Å²) >= 11 is 6.06. The van der Waals surface area contributed by atoms with Gasteiger partial charge in [-0.15, -0.1) is 0 Å². The van der Waals surface area contributed by atoms with E-state index in [1.54, 1.807) is 4.68 Å². The lowest BCUT2D eigenvalue weighted by molar-refractivity contribution is 0.286. The van der Waals surface area contributed by atoms with Crippen molar-refractivity contribution in [2.45, 2.75) is 32.0 Å².